The molecule has 1 aromatic heterocycles. The SMILES string of the molecule is CCNCc1ncn(CC2CC3CCC2C3)n1. The molecule has 2 bridgehead atoms. The smallest absolute Gasteiger partial charge is 0.164 e. The highest BCUT2D eigenvalue weighted by atomic mass is 15.3. The third kappa shape index (κ3) is 2.37. The molecule has 2 saturated carbocycles. The van der Waals surface area contributed by atoms with E-state index in [1.807, 2.05) is 6.33 Å². The molecule has 0 spiro atoms. The molecule has 2 aliphatic carbocycles. The Morgan fingerprint density at radius 1 is 1.41 bits per heavy atom. The van der Waals surface area contributed by atoms with E-state index in [4.69, 9.17) is 0 Å². The first kappa shape index (κ1) is 11.2. The third-order valence-electron chi connectivity index (χ3n) is 4.42. The van der Waals surface area contributed by atoms with Gasteiger partial charge in [0.15, 0.2) is 5.82 Å². The molecule has 0 saturated heterocycles. The van der Waals surface area contributed by atoms with Crippen LogP contribution in [0.25, 0.3) is 0 Å². The average Bonchev–Trinajstić information content (AvgIpc) is 3.02. The van der Waals surface area contributed by atoms with Crippen molar-refractivity contribution in [3.63, 3.8) is 0 Å². The fourth-order valence-corrected chi connectivity index (χ4v) is 3.58. The Labute approximate surface area is 103 Å². The van der Waals surface area contributed by atoms with Crippen LogP contribution in [0.15, 0.2) is 6.33 Å². The van der Waals surface area contributed by atoms with Gasteiger partial charge in [0.25, 0.3) is 0 Å². The molecule has 1 aromatic rings. The lowest BCUT2D eigenvalue weighted by molar-refractivity contribution is 0.285. The Morgan fingerprint density at radius 2 is 2.35 bits per heavy atom. The summed E-state index contributed by atoms with van der Waals surface area (Å²) in [7, 11) is 0. The Bertz CT molecular complexity index is 373. The number of nitrogens with zero attached hydrogens (tertiary/aromatic N) is 3. The summed E-state index contributed by atoms with van der Waals surface area (Å²) in [5.74, 6) is 3.79. The van der Waals surface area contributed by atoms with Crippen LogP contribution < -0.4 is 5.32 Å². The lowest BCUT2D eigenvalue weighted by Crippen LogP contribution is -2.18. The van der Waals surface area contributed by atoms with Crippen molar-refractivity contribution in [2.24, 2.45) is 17.8 Å². The molecular formula is C13H22N4. The first-order valence-corrected chi connectivity index (χ1v) is 6.94. The van der Waals surface area contributed by atoms with E-state index >= 15 is 0 Å². The lowest BCUT2D eigenvalue weighted by atomic mass is 9.89. The standard InChI is InChI=1S/C13H22N4/c1-2-14-7-13-15-9-17(16-13)8-12-6-10-3-4-11(12)5-10/h9-12,14H,2-8H2,1H3. The molecular weight excluding hydrogens is 212 g/mol. The minimum absolute atomic E-state index is 0.792. The molecule has 0 radical (unpaired) electrons. The van der Waals surface area contributed by atoms with Crippen molar-refractivity contribution in [1.82, 2.24) is 20.1 Å². The van der Waals surface area contributed by atoms with Crippen molar-refractivity contribution >= 4 is 0 Å². The zero-order valence-electron chi connectivity index (χ0n) is 10.6. The second kappa shape index (κ2) is 4.77. The molecule has 3 rings (SSSR count). The van der Waals surface area contributed by atoms with Gasteiger partial charge in [0.1, 0.15) is 6.33 Å². The average molecular weight is 234 g/mol. The number of rotatable bonds is 5. The second-order valence-corrected chi connectivity index (χ2v) is 5.60. The molecule has 94 valence electrons. The Balaban J connectivity index is 1.56. The minimum atomic E-state index is 0.792. The van der Waals surface area contributed by atoms with Gasteiger partial charge in [-0.05, 0) is 43.6 Å². The molecule has 0 aromatic carbocycles. The zero-order chi connectivity index (χ0) is 11.7. The van der Waals surface area contributed by atoms with Crippen molar-refractivity contribution < 1.29 is 0 Å². The number of nitrogens with one attached hydrogen (secondary N) is 1. The van der Waals surface area contributed by atoms with Crippen LogP contribution >= 0.6 is 0 Å². The van der Waals surface area contributed by atoms with E-state index in [0.717, 1.165) is 43.2 Å². The fraction of sp³-hybridized carbons (Fsp3) is 0.846. The highest BCUT2D eigenvalue weighted by Gasteiger charge is 2.39. The van der Waals surface area contributed by atoms with Crippen molar-refractivity contribution in [2.75, 3.05) is 6.54 Å². The van der Waals surface area contributed by atoms with E-state index in [1.165, 1.54) is 25.7 Å². The van der Waals surface area contributed by atoms with Crippen LogP contribution in [0.4, 0.5) is 0 Å². The van der Waals surface area contributed by atoms with Gasteiger partial charge in [-0.1, -0.05) is 13.3 Å². The molecule has 1 N–H and O–H groups in total. The molecule has 0 aliphatic heterocycles. The van der Waals surface area contributed by atoms with Crippen LogP contribution in [-0.2, 0) is 13.1 Å². The second-order valence-electron chi connectivity index (χ2n) is 5.60. The van der Waals surface area contributed by atoms with Gasteiger partial charge in [-0.25, -0.2) is 4.98 Å². The van der Waals surface area contributed by atoms with Crippen molar-refractivity contribution in [3.05, 3.63) is 12.2 Å². The Kier molecular flexibility index (Phi) is 3.14. The van der Waals surface area contributed by atoms with Gasteiger partial charge in [-0.15, -0.1) is 0 Å². The molecule has 3 unspecified atom stereocenters. The number of fused-ring (bicyclic) bond motifs is 2. The van der Waals surface area contributed by atoms with Crippen LogP contribution in [0.2, 0.25) is 0 Å². The summed E-state index contributed by atoms with van der Waals surface area (Å²) < 4.78 is 2.05. The molecule has 0 amide bonds. The summed E-state index contributed by atoms with van der Waals surface area (Å²) in [6, 6.07) is 0. The fourth-order valence-electron chi connectivity index (χ4n) is 3.58. The Morgan fingerprint density at radius 3 is 3.06 bits per heavy atom. The lowest BCUT2D eigenvalue weighted by Gasteiger charge is -2.20. The molecule has 3 atom stereocenters. The van der Waals surface area contributed by atoms with Crippen LogP contribution in [0, 0.1) is 17.8 Å². The Hall–Kier alpha value is -0.900. The zero-order valence-corrected chi connectivity index (χ0v) is 10.6. The summed E-state index contributed by atoms with van der Waals surface area (Å²) in [5, 5.41) is 7.80. The largest absolute Gasteiger partial charge is 0.310 e. The van der Waals surface area contributed by atoms with Crippen molar-refractivity contribution in [2.45, 2.75) is 45.7 Å². The number of hydrogen-bond donors (Lipinski definition) is 1. The maximum atomic E-state index is 4.54. The predicted octanol–water partition coefficient (Wildman–Crippen LogP) is 1.82. The predicted molar refractivity (Wildman–Crippen MR) is 66.3 cm³/mol. The van der Waals surface area contributed by atoms with E-state index in [1.54, 1.807) is 0 Å². The van der Waals surface area contributed by atoms with E-state index in [0.29, 0.717) is 0 Å². The van der Waals surface area contributed by atoms with Crippen molar-refractivity contribution in [1.29, 1.82) is 0 Å². The van der Waals surface area contributed by atoms with Gasteiger partial charge in [0.05, 0.1) is 6.54 Å². The van der Waals surface area contributed by atoms with Gasteiger partial charge < -0.3 is 5.32 Å². The van der Waals surface area contributed by atoms with Gasteiger partial charge >= 0.3 is 0 Å². The van der Waals surface area contributed by atoms with Gasteiger partial charge in [-0.2, -0.15) is 5.10 Å². The van der Waals surface area contributed by atoms with Crippen LogP contribution in [0.3, 0.4) is 0 Å². The van der Waals surface area contributed by atoms with E-state index in [2.05, 4.69) is 27.0 Å². The molecule has 4 heteroatoms. The molecule has 1 heterocycles. The van der Waals surface area contributed by atoms with Crippen molar-refractivity contribution in [3.8, 4) is 0 Å². The minimum Gasteiger partial charge on any atom is -0.310 e. The summed E-state index contributed by atoms with van der Waals surface area (Å²) in [4.78, 5) is 4.35. The molecule has 4 nitrogen and oxygen atoms in total. The summed E-state index contributed by atoms with van der Waals surface area (Å²) in [6.45, 7) is 4.95. The molecule has 17 heavy (non-hydrogen) atoms. The third-order valence-corrected chi connectivity index (χ3v) is 4.42. The quantitative estimate of drug-likeness (QED) is 0.845. The van der Waals surface area contributed by atoms with Gasteiger partial charge in [0.2, 0.25) is 0 Å². The summed E-state index contributed by atoms with van der Waals surface area (Å²) in [6.07, 6.45) is 7.73. The van der Waals surface area contributed by atoms with Gasteiger partial charge in [-0.3, -0.25) is 4.68 Å². The van der Waals surface area contributed by atoms with E-state index < -0.39 is 0 Å². The number of aromatic nitrogens is 3. The molecule has 2 fully saturated rings. The first-order valence-electron chi connectivity index (χ1n) is 6.94. The molecule has 2 aliphatic rings. The summed E-state index contributed by atoms with van der Waals surface area (Å²) in [5.41, 5.74) is 0. The van der Waals surface area contributed by atoms with Crippen LogP contribution in [-0.4, -0.2) is 21.3 Å². The maximum absolute atomic E-state index is 4.54. The van der Waals surface area contributed by atoms with E-state index in [9.17, 15) is 0 Å². The highest BCUT2D eigenvalue weighted by Crippen LogP contribution is 2.48. The normalized spacial score (nSPS) is 31.2. The highest BCUT2D eigenvalue weighted by molar-refractivity contribution is 4.90. The van der Waals surface area contributed by atoms with Crippen LogP contribution in [0.5, 0.6) is 0 Å². The van der Waals surface area contributed by atoms with Gasteiger partial charge in [0, 0.05) is 6.54 Å². The summed E-state index contributed by atoms with van der Waals surface area (Å²) >= 11 is 0. The van der Waals surface area contributed by atoms with E-state index in [-0.39, 0.29) is 0 Å². The number of hydrogen-bond acceptors (Lipinski definition) is 3. The maximum Gasteiger partial charge on any atom is 0.164 e. The first-order chi connectivity index (χ1) is 8.35. The van der Waals surface area contributed by atoms with Crippen LogP contribution in [0.1, 0.15) is 38.4 Å². The monoisotopic (exact) mass is 234 g/mol. The topological polar surface area (TPSA) is 42.7 Å².